The number of amides is 2. The standard InChI is InChI=1S/C22H24ClFN2O5/c1-3-30-19-9-13-7-8-26(22(29)25-14-5-6-17(24)16(23)10-14)18(12-21(27)28)15(13)11-20(19)31-4-2/h5-6,9-11,18H,3-4,7-8,12H2,1-2H3,(H,25,29)(H,27,28). The van der Waals surface area contributed by atoms with Crippen LogP contribution in [0.25, 0.3) is 0 Å². The zero-order valence-corrected chi connectivity index (χ0v) is 18.0. The third-order valence-corrected chi connectivity index (χ3v) is 5.25. The molecule has 9 heteroatoms. The predicted molar refractivity (Wildman–Crippen MR) is 115 cm³/mol. The Hall–Kier alpha value is -3.00. The smallest absolute Gasteiger partial charge is 0.322 e. The number of halogens is 2. The van der Waals surface area contributed by atoms with Crippen molar-refractivity contribution >= 4 is 29.3 Å². The monoisotopic (exact) mass is 450 g/mol. The lowest BCUT2D eigenvalue weighted by Crippen LogP contribution is -2.43. The molecule has 0 spiro atoms. The molecule has 1 atom stereocenters. The molecule has 0 bridgehead atoms. The summed E-state index contributed by atoms with van der Waals surface area (Å²) in [6.45, 7) is 4.91. The summed E-state index contributed by atoms with van der Waals surface area (Å²) in [5.41, 5.74) is 1.93. The highest BCUT2D eigenvalue weighted by molar-refractivity contribution is 6.31. The lowest BCUT2D eigenvalue weighted by atomic mass is 9.90. The van der Waals surface area contributed by atoms with Gasteiger partial charge in [0.2, 0.25) is 0 Å². The van der Waals surface area contributed by atoms with Crippen LogP contribution in [0.15, 0.2) is 30.3 Å². The van der Waals surface area contributed by atoms with Crippen molar-refractivity contribution in [1.29, 1.82) is 0 Å². The number of carboxylic acid groups (broad SMARTS) is 1. The second kappa shape index (κ2) is 9.87. The van der Waals surface area contributed by atoms with Crippen LogP contribution in [0.5, 0.6) is 11.5 Å². The van der Waals surface area contributed by atoms with Crippen molar-refractivity contribution in [3.63, 3.8) is 0 Å². The highest BCUT2D eigenvalue weighted by atomic mass is 35.5. The van der Waals surface area contributed by atoms with Crippen LogP contribution >= 0.6 is 11.6 Å². The fraction of sp³-hybridized carbons (Fsp3) is 0.364. The number of carbonyl (C=O) groups is 2. The number of fused-ring (bicyclic) bond motifs is 1. The first-order valence-electron chi connectivity index (χ1n) is 10.0. The van der Waals surface area contributed by atoms with Crippen molar-refractivity contribution in [1.82, 2.24) is 4.90 Å². The Labute approximate surface area is 184 Å². The Kier molecular flexibility index (Phi) is 7.22. The first kappa shape index (κ1) is 22.7. The molecular weight excluding hydrogens is 427 g/mol. The Morgan fingerprint density at radius 3 is 2.48 bits per heavy atom. The van der Waals surface area contributed by atoms with Gasteiger partial charge in [-0.15, -0.1) is 0 Å². The summed E-state index contributed by atoms with van der Waals surface area (Å²) in [6, 6.07) is 6.27. The van der Waals surface area contributed by atoms with E-state index in [1.807, 2.05) is 19.9 Å². The highest BCUT2D eigenvalue weighted by Crippen LogP contribution is 2.40. The van der Waals surface area contributed by atoms with E-state index < -0.39 is 23.9 Å². The summed E-state index contributed by atoms with van der Waals surface area (Å²) in [5, 5.41) is 12.0. The minimum Gasteiger partial charge on any atom is -0.490 e. The van der Waals surface area contributed by atoms with Crippen LogP contribution in [0.4, 0.5) is 14.9 Å². The van der Waals surface area contributed by atoms with Crippen LogP contribution < -0.4 is 14.8 Å². The first-order chi connectivity index (χ1) is 14.8. The number of nitrogens with one attached hydrogen (secondary N) is 1. The SMILES string of the molecule is CCOc1cc2c(cc1OCC)C(CC(=O)O)N(C(=O)Nc1ccc(F)c(Cl)c1)CC2. The van der Waals surface area contributed by atoms with E-state index in [4.69, 9.17) is 21.1 Å². The van der Waals surface area contributed by atoms with Gasteiger partial charge in [0.1, 0.15) is 5.82 Å². The van der Waals surface area contributed by atoms with E-state index >= 15 is 0 Å². The molecule has 0 radical (unpaired) electrons. The van der Waals surface area contributed by atoms with Gasteiger partial charge >= 0.3 is 12.0 Å². The lowest BCUT2D eigenvalue weighted by molar-refractivity contribution is -0.138. The molecule has 31 heavy (non-hydrogen) atoms. The highest BCUT2D eigenvalue weighted by Gasteiger charge is 2.34. The summed E-state index contributed by atoms with van der Waals surface area (Å²) >= 11 is 5.79. The second-order valence-corrected chi connectivity index (χ2v) is 7.39. The number of anilines is 1. The van der Waals surface area contributed by atoms with E-state index in [0.717, 1.165) is 11.6 Å². The molecule has 7 nitrogen and oxygen atoms in total. The van der Waals surface area contributed by atoms with E-state index in [0.29, 0.717) is 48.9 Å². The molecule has 1 unspecified atom stereocenters. The summed E-state index contributed by atoms with van der Waals surface area (Å²) in [5.74, 6) is -0.529. The van der Waals surface area contributed by atoms with Crippen molar-refractivity contribution < 1.29 is 28.6 Å². The zero-order valence-electron chi connectivity index (χ0n) is 17.3. The number of carbonyl (C=O) groups excluding carboxylic acids is 1. The Morgan fingerprint density at radius 1 is 1.19 bits per heavy atom. The lowest BCUT2D eigenvalue weighted by Gasteiger charge is -2.37. The number of urea groups is 1. The van der Waals surface area contributed by atoms with E-state index in [1.54, 1.807) is 6.07 Å². The maximum atomic E-state index is 13.4. The third-order valence-electron chi connectivity index (χ3n) is 4.96. The molecule has 2 aromatic carbocycles. The van der Waals surface area contributed by atoms with Crippen LogP contribution in [0.1, 0.15) is 37.4 Å². The van der Waals surface area contributed by atoms with E-state index in [9.17, 15) is 19.1 Å². The van der Waals surface area contributed by atoms with Gasteiger partial charge in [-0.25, -0.2) is 9.18 Å². The first-order valence-corrected chi connectivity index (χ1v) is 10.4. The molecule has 166 valence electrons. The molecule has 1 aliphatic rings. The number of carboxylic acids is 1. The van der Waals surface area contributed by atoms with E-state index in [-0.39, 0.29) is 11.4 Å². The predicted octanol–water partition coefficient (Wildman–Crippen LogP) is 4.88. The van der Waals surface area contributed by atoms with Gasteiger partial charge in [-0.3, -0.25) is 4.79 Å². The quantitative estimate of drug-likeness (QED) is 0.627. The number of rotatable bonds is 7. The Morgan fingerprint density at radius 2 is 1.87 bits per heavy atom. The minimum absolute atomic E-state index is 0.117. The molecule has 1 aliphatic heterocycles. The molecule has 2 amide bonds. The van der Waals surface area contributed by atoms with Gasteiger partial charge in [-0.1, -0.05) is 11.6 Å². The fourth-order valence-electron chi connectivity index (χ4n) is 3.64. The third kappa shape index (κ3) is 5.19. The van der Waals surface area contributed by atoms with Gasteiger partial charge in [0.25, 0.3) is 0 Å². The van der Waals surface area contributed by atoms with Crippen molar-refractivity contribution in [3.8, 4) is 11.5 Å². The van der Waals surface area contributed by atoms with Crippen LogP contribution in [-0.4, -0.2) is 41.8 Å². The molecule has 2 aromatic rings. The zero-order chi connectivity index (χ0) is 22.5. The second-order valence-electron chi connectivity index (χ2n) is 6.98. The maximum Gasteiger partial charge on any atom is 0.322 e. The number of ether oxygens (including phenoxy) is 2. The molecular formula is C22H24ClFN2O5. The molecule has 0 saturated heterocycles. The van der Waals surface area contributed by atoms with Crippen molar-refractivity contribution in [3.05, 3.63) is 52.3 Å². The van der Waals surface area contributed by atoms with Gasteiger partial charge in [-0.2, -0.15) is 0 Å². The maximum absolute atomic E-state index is 13.4. The van der Waals surface area contributed by atoms with Gasteiger partial charge in [0.05, 0.1) is 30.7 Å². The normalized spacial score (nSPS) is 15.2. The molecule has 0 aromatic heterocycles. The van der Waals surface area contributed by atoms with Gasteiger partial charge in [-0.05, 0) is 61.7 Å². The molecule has 0 saturated carbocycles. The topological polar surface area (TPSA) is 88.1 Å². The molecule has 0 aliphatic carbocycles. The molecule has 3 rings (SSSR count). The van der Waals surface area contributed by atoms with Crippen LogP contribution in [0, 0.1) is 5.82 Å². The van der Waals surface area contributed by atoms with Crippen molar-refractivity contribution in [2.45, 2.75) is 32.7 Å². The number of aliphatic carboxylic acids is 1. The summed E-state index contributed by atoms with van der Waals surface area (Å²) < 4.78 is 24.8. The van der Waals surface area contributed by atoms with Gasteiger partial charge in [0.15, 0.2) is 11.5 Å². The van der Waals surface area contributed by atoms with Gasteiger partial charge < -0.3 is 24.8 Å². The average Bonchev–Trinajstić information content (AvgIpc) is 2.71. The number of nitrogens with zero attached hydrogens (tertiary/aromatic N) is 1. The number of benzene rings is 2. The fourth-order valence-corrected chi connectivity index (χ4v) is 3.82. The molecule has 0 fully saturated rings. The van der Waals surface area contributed by atoms with Crippen LogP contribution in [-0.2, 0) is 11.2 Å². The van der Waals surface area contributed by atoms with Crippen LogP contribution in [0.3, 0.4) is 0 Å². The molecule has 2 N–H and O–H groups in total. The average molecular weight is 451 g/mol. The minimum atomic E-state index is -1.03. The van der Waals surface area contributed by atoms with Crippen molar-refractivity contribution in [2.75, 3.05) is 25.1 Å². The van der Waals surface area contributed by atoms with Gasteiger partial charge in [0, 0.05) is 12.2 Å². The largest absolute Gasteiger partial charge is 0.490 e. The summed E-state index contributed by atoms with van der Waals surface area (Å²) in [7, 11) is 0. The van der Waals surface area contributed by atoms with E-state index in [1.165, 1.54) is 17.0 Å². The Balaban J connectivity index is 1.94. The summed E-state index contributed by atoms with van der Waals surface area (Å²) in [4.78, 5) is 26.0. The van der Waals surface area contributed by atoms with E-state index in [2.05, 4.69) is 5.32 Å². The van der Waals surface area contributed by atoms with Crippen molar-refractivity contribution in [2.24, 2.45) is 0 Å². The number of hydrogen-bond acceptors (Lipinski definition) is 4. The van der Waals surface area contributed by atoms with Crippen LogP contribution in [0.2, 0.25) is 5.02 Å². The Bertz CT molecular complexity index is 985. The molecule has 1 heterocycles. The summed E-state index contributed by atoms with van der Waals surface area (Å²) in [6.07, 6.45) is 0.250. The number of hydrogen-bond donors (Lipinski definition) is 2.